The molecule has 1 aliphatic heterocycles. The molecule has 5 rings (SSSR count). The minimum absolute atomic E-state index is 0.188. The molecule has 0 saturated heterocycles. The Bertz CT molecular complexity index is 1890. The van der Waals surface area contributed by atoms with Crippen LogP contribution >= 0.6 is 62.1 Å². The molecule has 2 heterocycles. The highest BCUT2D eigenvalue weighted by Gasteiger charge is 2.33. The molecule has 0 N–H and O–H groups in total. The van der Waals surface area contributed by atoms with Crippen LogP contribution in [0.25, 0.3) is 6.08 Å². The second-order valence-corrected chi connectivity index (χ2v) is 12.7. The van der Waals surface area contributed by atoms with Gasteiger partial charge in [-0.05, 0) is 78.2 Å². The molecule has 0 aliphatic carbocycles. The Morgan fingerprint density at radius 2 is 1.81 bits per heavy atom. The van der Waals surface area contributed by atoms with Crippen molar-refractivity contribution in [2.24, 2.45) is 4.99 Å². The van der Waals surface area contributed by atoms with Gasteiger partial charge in [-0.3, -0.25) is 9.36 Å². The van der Waals surface area contributed by atoms with E-state index in [0.29, 0.717) is 51.5 Å². The average Bonchev–Trinajstić information content (AvgIpc) is 3.23. The number of esters is 1. The third-order valence-corrected chi connectivity index (χ3v) is 9.06. The van der Waals surface area contributed by atoms with Gasteiger partial charge in [-0.1, -0.05) is 82.0 Å². The highest BCUT2D eigenvalue weighted by atomic mass is 79.9. The van der Waals surface area contributed by atoms with E-state index in [1.54, 1.807) is 48.8 Å². The zero-order valence-electron chi connectivity index (χ0n) is 22.7. The van der Waals surface area contributed by atoms with Crippen LogP contribution in [-0.2, 0) is 16.1 Å². The predicted molar refractivity (Wildman–Crippen MR) is 172 cm³/mol. The molecular weight excluding hydrogens is 683 g/mol. The van der Waals surface area contributed by atoms with Crippen molar-refractivity contribution in [2.75, 3.05) is 6.61 Å². The number of rotatable bonds is 7. The Labute approximate surface area is 269 Å². The molecule has 0 fully saturated rings. The summed E-state index contributed by atoms with van der Waals surface area (Å²) in [5, 5.41) is 1.38. The number of aryl methyl sites for hydroxylation is 1. The first kappa shape index (κ1) is 30.6. The van der Waals surface area contributed by atoms with Gasteiger partial charge in [0, 0.05) is 15.6 Å². The second kappa shape index (κ2) is 12.8. The summed E-state index contributed by atoms with van der Waals surface area (Å²) in [6.07, 6.45) is 1.75. The summed E-state index contributed by atoms with van der Waals surface area (Å²) >= 11 is 23.7. The van der Waals surface area contributed by atoms with E-state index in [0.717, 1.165) is 16.7 Å². The zero-order chi connectivity index (χ0) is 30.1. The van der Waals surface area contributed by atoms with Crippen molar-refractivity contribution in [2.45, 2.75) is 33.4 Å². The van der Waals surface area contributed by atoms with Crippen molar-refractivity contribution >= 4 is 74.1 Å². The van der Waals surface area contributed by atoms with Gasteiger partial charge in [-0.2, -0.15) is 0 Å². The molecule has 1 aliphatic rings. The van der Waals surface area contributed by atoms with Crippen LogP contribution in [0.1, 0.15) is 42.1 Å². The molecule has 0 bridgehead atoms. The van der Waals surface area contributed by atoms with E-state index in [1.807, 2.05) is 37.3 Å². The van der Waals surface area contributed by atoms with E-state index >= 15 is 0 Å². The van der Waals surface area contributed by atoms with Crippen molar-refractivity contribution in [1.29, 1.82) is 0 Å². The third kappa shape index (κ3) is 6.24. The quantitative estimate of drug-likeness (QED) is 0.188. The Morgan fingerprint density at radius 3 is 2.48 bits per heavy atom. The van der Waals surface area contributed by atoms with Crippen molar-refractivity contribution in [1.82, 2.24) is 4.57 Å². The fourth-order valence-corrected chi connectivity index (χ4v) is 7.09. The monoisotopic (exact) mass is 704 g/mol. The lowest BCUT2D eigenvalue weighted by Gasteiger charge is -2.24. The van der Waals surface area contributed by atoms with Gasteiger partial charge in [0.05, 0.1) is 37.9 Å². The Kier molecular flexibility index (Phi) is 9.30. The number of carbonyl (C=O) groups excluding carboxylic acids is 1. The highest BCUT2D eigenvalue weighted by molar-refractivity contribution is 9.10. The smallest absolute Gasteiger partial charge is 0.338 e. The van der Waals surface area contributed by atoms with E-state index in [1.165, 1.54) is 11.3 Å². The van der Waals surface area contributed by atoms with Gasteiger partial charge in [0.2, 0.25) is 0 Å². The second-order valence-electron chi connectivity index (χ2n) is 9.55. The maximum atomic E-state index is 13.9. The van der Waals surface area contributed by atoms with Crippen LogP contribution in [0.4, 0.5) is 0 Å². The van der Waals surface area contributed by atoms with Gasteiger partial charge in [-0.25, -0.2) is 9.79 Å². The molecule has 0 saturated carbocycles. The molecule has 0 amide bonds. The summed E-state index contributed by atoms with van der Waals surface area (Å²) in [6, 6.07) is 15.8. The molecular formula is C31H24BrCl3N2O4S. The van der Waals surface area contributed by atoms with Gasteiger partial charge < -0.3 is 9.47 Å². The molecule has 0 spiro atoms. The number of hydrogen-bond acceptors (Lipinski definition) is 6. The fourth-order valence-electron chi connectivity index (χ4n) is 4.60. The van der Waals surface area contributed by atoms with Crippen molar-refractivity contribution in [3.63, 3.8) is 0 Å². The zero-order valence-corrected chi connectivity index (χ0v) is 27.4. The fraction of sp³-hybridized carbons (Fsp3) is 0.194. The van der Waals surface area contributed by atoms with Crippen LogP contribution in [0.2, 0.25) is 15.1 Å². The standard InChI is InChI=1S/C31H24BrCl3N2O4S/c1-4-40-30(39)26-17(3)36-31-37(27(26)19-7-5-16(2)6-8-19)29(38)25(42-31)13-18-11-22(32)28(24(35)12-18)41-15-20-9-10-21(33)14-23(20)34/h5-14,27H,4,15H2,1-3H3/b25-13+/t27-/m0/s1. The molecule has 4 aromatic rings. The Morgan fingerprint density at radius 1 is 1.07 bits per heavy atom. The first-order valence-corrected chi connectivity index (χ1v) is 15.6. The summed E-state index contributed by atoms with van der Waals surface area (Å²) in [5.74, 6) is -0.0554. The Hall–Kier alpha value is -2.88. The largest absolute Gasteiger partial charge is 0.486 e. The SMILES string of the molecule is CCOC(=O)C1=C(C)N=c2s/c(=C/c3cc(Cl)c(OCc4ccc(Cl)cc4Cl)c(Br)c3)c(=O)n2[C@H]1c1ccc(C)cc1. The molecule has 42 heavy (non-hydrogen) atoms. The van der Waals surface area contributed by atoms with Crippen LogP contribution in [0.15, 0.2) is 80.1 Å². The molecule has 3 aromatic carbocycles. The Balaban J connectivity index is 1.54. The number of nitrogens with zero attached hydrogens (tertiary/aromatic N) is 2. The van der Waals surface area contributed by atoms with E-state index < -0.39 is 12.0 Å². The summed E-state index contributed by atoms with van der Waals surface area (Å²) in [6.45, 7) is 5.89. The summed E-state index contributed by atoms with van der Waals surface area (Å²) in [5.41, 5.74) is 3.88. The minimum atomic E-state index is -0.672. The molecule has 11 heteroatoms. The van der Waals surface area contributed by atoms with Gasteiger partial charge >= 0.3 is 5.97 Å². The first-order chi connectivity index (χ1) is 20.1. The number of allylic oxidation sites excluding steroid dienone is 1. The third-order valence-electron chi connectivity index (χ3n) is 6.62. The molecule has 0 unspecified atom stereocenters. The van der Waals surface area contributed by atoms with Gasteiger partial charge in [0.15, 0.2) is 10.6 Å². The number of hydrogen-bond donors (Lipinski definition) is 0. The van der Waals surface area contributed by atoms with E-state index in [4.69, 9.17) is 44.3 Å². The highest BCUT2D eigenvalue weighted by Crippen LogP contribution is 2.36. The number of benzene rings is 3. The van der Waals surface area contributed by atoms with Crippen LogP contribution in [0, 0.1) is 6.92 Å². The van der Waals surface area contributed by atoms with Crippen LogP contribution in [-0.4, -0.2) is 17.1 Å². The van der Waals surface area contributed by atoms with Crippen molar-refractivity contribution in [3.8, 4) is 5.75 Å². The molecule has 216 valence electrons. The average molecular weight is 707 g/mol. The molecule has 6 nitrogen and oxygen atoms in total. The summed E-state index contributed by atoms with van der Waals surface area (Å²) in [7, 11) is 0. The van der Waals surface area contributed by atoms with E-state index in [-0.39, 0.29) is 18.8 Å². The van der Waals surface area contributed by atoms with Crippen LogP contribution in [0.3, 0.4) is 0 Å². The lowest BCUT2D eigenvalue weighted by Crippen LogP contribution is -2.39. The lowest BCUT2D eigenvalue weighted by molar-refractivity contribution is -0.139. The molecule has 0 radical (unpaired) electrons. The topological polar surface area (TPSA) is 69.9 Å². The van der Waals surface area contributed by atoms with E-state index in [2.05, 4.69) is 20.9 Å². The maximum absolute atomic E-state index is 13.9. The van der Waals surface area contributed by atoms with Gasteiger partial charge in [0.1, 0.15) is 6.61 Å². The number of halogens is 4. The number of aromatic nitrogens is 1. The van der Waals surface area contributed by atoms with Crippen molar-refractivity contribution < 1.29 is 14.3 Å². The lowest BCUT2D eigenvalue weighted by atomic mass is 9.95. The summed E-state index contributed by atoms with van der Waals surface area (Å²) < 4.78 is 13.9. The van der Waals surface area contributed by atoms with Crippen LogP contribution < -0.4 is 19.6 Å². The minimum Gasteiger partial charge on any atom is -0.486 e. The summed E-state index contributed by atoms with van der Waals surface area (Å²) in [4.78, 5) is 32.0. The predicted octanol–water partition coefficient (Wildman–Crippen LogP) is 7.41. The van der Waals surface area contributed by atoms with Gasteiger partial charge in [0.25, 0.3) is 5.56 Å². The number of carbonyl (C=O) groups is 1. The van der Waals surface area contributed by atoms with Crippen molar-refractivity contribution in [3.05, 3.63) is 127 Å². The molecule has 1 aromatic heterocycles. The number of thiazole rings is 1. The van der Waals surface area contributed by atoms with Gasteiger partial charge in [-0.15, -0.1) is 0 Å². The molecule has 1 atom stereocenters. The number of fused-ring (bicyclic) bond motifs is 1. The first-order valence-electron chi connectivity index (χ1n) is 12.9. The van der Waals surface area contributed by atoms with E-state index in [9.17, 15) is 9.59 Å². The normalized spacial score (nSPS) is 14.9. The van der Waals surface area contributed by atoms with Crippen LogP contribution in [0.5, 0.6) is 5.75 Å². The maximum Gasteiger partial charge on any atom is 0.338 e. The number of ether oxygens (including phenoxy) is 2.